The maximum Gasteiger partial charge on any atom is 0.243 e. The lowest BCUT2D eigenvalue weighted by molar-refractivity contribution is 0.410. The first-order valence-electron chi connectivity index (χ1n) is 10.7. The molecule has 1 aromatic carbocycles. The number of benzene rings is 1. The maximum atomic E-state index is 12.6. The van der Waals surface area contributed by atoms with Gasteiger partial charge in [0.05, 0.1) is 17.1 Å². The summed E-state index contributed by atoms with van der Waals surface area (Å²) in [4.78, 5) is 4.91. The third-order valence-electron chi connectivity index (χ3n) is 5.03. The fraction of sp³-hybridized carbons (Fsp3) is 0.545. The Morgan fingerprint density at radius 2 is 1.87 bits per heavy atom. The summed E-state index contributed by atoms with van der Waals surface area (Å²) in [6, 6.07) is 8.91. The van der Waals surface area contributed by atoms with Crippen LogP contribution >= 0.6 is 0 Å². The van der Waals surface area contributed by atoms with Crippen LogP contribution in [-0.4, -0.2) is 54.6 Å². The van der Waals surface area contributed by atoms with Crippen molar-refractivity contribution in [3.05, 3.63) is 47.3 Å². The fourth-order valence-corrected chi connectivity index (χ4v) is 4.43. The molecule has 0 saturated carbocycles. The molecule has 1 aromatic heterocycles. The van der Waals surface area contributed by atoms with Gasteiger partial charge in [0.2, 0.25) is 10.0 Å². The highest BCUT2D eigenvalue weighted by molar-refractivity contribution is 7.89. The lowest BCUT2D eigenvalue weighted by atomic mass is 10.2. The number of hydrogen-bond acceptors (Lipinski definition) is 4. The summed E-state index contributed by atoms with van der Waals surface area (Å²) >= 11 is 0. The molecule has 0 atom stereocenters. The van der Waals surface area contributed by atoms with Gasteiger partial charge in [0, 0.05) is 38.4 Å². The molecule has 0 amide bonds. The molecule has 0 saturated heterocycles. The smallest absolute Gasteiger partial charge is 0.243 e. The third kappa shape index (κ3) is 7.07. The monoisotopic (exact) mass is 448 g/mol. The summed E-state index contributed by atoms with van der Waals surface area (Å²) in [6.07, 6.45) is 0.933. The predicted octanol–water partition coefficient (Wildman–Crippen LogP) is 2.67. The van der Waals surface area contributed by atoms with Gasteiger partial charge in [0.1, 0.15) is 0 Å². The number of nitrogens with zero attached hydrogens (tertiary/aromatic N) is 4. The van der Waals surface area contributed by atoms with Crippen LogP contribution in [0.25, 0.3) is 0 Å². The van der Waals surface area contributed by atoms with Crippen molar-refractivity contribution in [1.29, 1.82) is 0 Å². The molecule has 0 fully saturated rings. The topological polar surface area (TPSA) is 91.6 Å². The van der Waals surface area contributed by atoms with Gasteiger partial charge in [-0.1, -0.05) is 12.1 Å². The van der Waals surface area contributed by atoms with Gasteiger partial charge < -0.3 is 10.6 Å². The Morgan fingerprint density at radius 1 is 1.19 bits per heavy atom. The van der Waals surface area contributed by atoms with Crippen LogP contribution in [0, 0.1) is 13.8 Å². The second-order valence-electron chi connectivity index (χ2n) is 7.88. The Hall–Kier alpha value is -2.39. The van der Waals surface area contributed by atoms with Crippen molar-refractivity contribution in [1.82, 2.24) is 24.7 Å². The molecule has 2 rings (SSSR count). The van der Waals surface area contributed by atoms with Crippen molar-refractivity contribution in [2.24, 2.45) is 4.99 Å². The number of aryl methyl sites for hydroxylation is 3. The minimum Gasteiger partial charge on any atom is -0.357 e. The number of aromatic nitrogens is 2. The lowest BCUT2D eigenvalue weighted by Crippen LogP contribution is -2.38. The normalized spacial score (nSPS) is 12.6. The van der Waals surface area contributed by atoms with Gasteiger partial charge in [0.15, 0.2) is 5.96 Å². The minimum atomic E-state index is -3.47. The van der Waals surface area contributed by atoms with Gasteiger partial charge in [-0.2, -0.15) is 9.40 Å². The van der Waals surface area contributed by atoms with Crippen LogP contribution < -0.4 is 10.6 Å². The van der Waals surface area contributed by atoms with Crippen LogP contribution in [0.4, 0.5) is 0 Å². The van der Waals surface area contributed by atoms with Crippen LogP contribution in [-0.2, 0) is 23.1 Å². The van der Waals surface area contributed by atoms with E-state index < -0.39 is 10.0 Å². The summed E-state index contributed by atoms with van der Waals surface area (Å²) in [5.41, 5.74) is 3.16. The van der Waals surface area contributed by atoms with Crippen molar-refractivity contribution in [2.45, 2.75) is 65.1 Å². The molecule has 1 heterocycles. The van der Waals surface area contributed by atoms with Crippen LogP contribution in [0.2, 0.25) is 0 Å². The van der Waals surface area contributed by atoms with E-state index in [0.717, 1.165) is 43.3 Å². The average molecular weight is 449 g/mol. The molecule has 8 nitrogen and oxygen atoms in total. The molecule has 0 bridgehead atoms. The van der Waals surface area contributed by atoms with E-state index in [1.165, 1.54) is 10.00 Å². The van der Waals surface area contributed by atoms with Gasteiger partial charge >= 0.3 is 0 Å². The number of rotatable bonds is 10. The maximum absolute atomic E-state index is 12.6. The molecular weight excluding hydrogens is 412 g/mol. The molecule has 31 heavy (non-hydrogen) atoms. The van der Waals surface area contributed by atoms with Crippen LogP contribution in [0.5, 0.6) is 0 Å². The largest absolute Gasteiger partial charge is 0.357 e. The molecule has 0 radical (unpaired) electrons. The van der Waals surface area contributed by atoms with Crippen molar-refractivity contribution < 1.29 is 8.42 Å². The van der Waals surface area contributed by atoms with E-state index in [4.69, 9.17) is 0 Å². The second kappa shape index (κ2) is 11.3. The van der Waals surface area contributed by atoms with Crippen LogP contribution in [0.1, 0.15) is 44.1 Å². The number of aliphatic imine (C=N–C) groups is 1. The Morgan fingerprint density at radius 3 is 2.42 bits per heavy atom. The van der Waals surface area contributed by atoms with Crippen LogP contribution in [0.15, 0.2) is 40.2 Å². The minimum absolute atomic E-state index is 0.0933. The SMILES string of the molecule is CCNC(=NCc1ccc(S(=O)(=O)N(C)C(C)C)cc1)NCCCn1nc(C)cc1C. The molecule has 0 spiro atoms. The Bertz CT molecular complexity index is 964. The van der Waals surface area contributed by atoms with E-state index in [1.807, 2.05) is 44.5 Å². The summed E-state index contributed by atoms with van der Waals surface area (Å²) < 4.78 is 28.6. The molecule has 2 N–H and O–H groups in total. The van der Waals surface area contributed by atoms with E-state index in [-0.39, 0.29) is 6.04 Å². The van der Waals surface area contributed by atoms with Crippen molar-refractivity contribution >= 4 is 16.0 Å². The number of nitrogens with one attached hydrogen (secondary N) is 2. The summed E-state index contributed by atoms with van der Waals surface area (Å²) in [6.45, 7) is 12.7. The van der Waals surface area contributed by atoms with Gasteiger partial charge in [-0.25, -0.2) is 13.4 Å². The van der Waals surface area contributed by atoms with E-state index >= 15 is 0 Å². The van der Waals surface area contributed by atoms with E-state index in [1.54, 1.807) is 19.2 Å². The third-order valence-corrected chi connectivity index (χ3v) is 7.08. The second-order valence-corrected chi connectivity index (χ2v) is 9.88. The zero-order valence-corrected chi connectivity index (χ0v) is 20.3. The first-order valence-corrected chi connectivity index (χ1v) is 12.2. The number of sulfonamides is 1. The van der Waals surface area contributed by atoms with Gasteiger partial charge in [-0.3, -0.25) is 4.68 Å². The van der Waals surface area contributed by atoms with Crippen molar-refractivity contribution in [2.75, 3.05) is 20.1 Å². The van der Waals surface area contributed by atoms with Crippen molar-refractivity contribution in [3.63, 3.8) is 0 Å². The quantitative estimate of drug-likeness (QED) is 0.331. The first-order chi connectivity index (χ1) is 14.6. The molecule has 172 valence electrons. The molecule has 0 aliphatic heterocycles. The fourth-order valence-electron chi connectivity index (χ4n) is 3.06. The van der Waals surface area contributed by atoms with E-state index in [0.29, 0.717) is 11.4 Å². The Balaban J connectivity index is 1.93. The summed E-state index contributed by atoms with van der Waals surface area (Å²) in [5, 5.41) is 11.1. The Kier molecular flexibility index (Phi) is 9.06. The summed E-state index contributed by atoms with van der Waals surface area (Å²) in [5.74, 6) is 0.743. The Labute approximate surface area is 186 Å². The molecule has 2 aromatic rings. The van der Waals surface area contributed by atoms with Gasteiger partial charge in [0.25, 0.3) is 0 Å². The number of guanidine groups is 1. The number of hydrogen-bond donors (Lipinski definition) is 2. The molecule has 9 heteroatoms. The lowest BCUT2D eigenvalue weighted by Gasteiger charge is -2.21. The zero-order valence-electron chi connectivity index (χ0n) is 19.5. The van der Waals surface area contributed by atoms with Gasteiger partial charge in [-0.15, -0.1) is 0 Å². The standard InChI is InChI=1S/C22H36N6O2S/c1-7-23-22(24-13-8-14-28-19(5)15-18(4)26-28)25-16-20-9-11-21(12-10-20)31(29,30)27(6)17(2)3/h9-12,15,17H,7-8,13-14,16H2,1-6H3,(H2,23,24,25). The molecular formula is C22H36N6O2S. The summed E-state index contributed by atoms with van der Waals surface area (Å²) in [7, 11) is -1.87. The average Bonchev–Trinajstić information content (AvgIpc) is 3.05. The predicted molar refractivity (Wildman–Crippen MR) is 126 cm³/mol. The highest BCUT2D eigenvalue weighted by atomic mass is 32.2. The zero-order chi connectivity index (χ0) is 23.0. The highest BCUT2D eigenvalue weighted by Gasteiger charge is 2.22. The molecule has 0 aliphatic rings. The van der Waals surface area contributed by atoms with Crippen LogP contribution in [0.3, 0.4) is 0 Å². The molecule has 0 unspecified atom stereocenters. The van der Waals surface area contributed by atoms with Crippen molar-refractivity contribution in [3.8, 4) is 0 Å². The first kappa shape index (κ1) is 24.9. The van der Waals surface area contributed by atoms with E-state index in [9.17, 15) is 8.42 Å². The van der Waals surface area contributed by atoms with E-state index in [2.05, 4.69) is 33.7 Å². The molecule has 0 aliphatic carbocycles. The highest BCUT2D eigenvalue weighted by Crippen LogP contribution is 2.17. The van der Waals surface area contributed by atoms with Gasteiger partial charge in [-0.05, 0) is 64.8 Å².